The van der Waals surface area contributed by atoms with Crippen molar-refractivity contribution in [1.29, 1.82) is 0 Å². The predicted octanol–water partition coefficient (Wildman–Crippen LogP) is 1.40. The Morgan fingerprint density at radius 1 is 1.22 bits per heavy atom. The highest BCUT2D eigenvalue weighted by Crippen LogP contribution is 2.15. The van der Waals surface area contributed by atoms with Gasteiger partial charge in [-0.05, 0) is 25.8 Å². The molecule has 0 rings (SSSR count). The third-order valence-electron chi connectivity index (χ3n) is 4.28. The van der Waals surface area contributed by atoms with Crippen LogP contribution in [0, 0.1) is 5.92 Å². The minimum Gasteiger partial charge on any atom is -0.379 e. The van der Waals surface area contributed by atoms with Gasteiger partial charge in [-0.2, -0.15) is 0 Å². The molecule has 0 aliphatic carbocycles. The Labute approximate surface area is 141 Å². The Morgan fingerprint density at radius 3 is 2.22 bits per heavy atom. The van der Waals surface area contributed by atoms with Gasteiger partial charge in [0.1, 0.15) is 0 Å². The number of nitrogens with one attached hydrogen (secondary N) is 2. The number of ether oxygens (including phenoxy) is 1. The number of nitrogens with zero attached hydrogens (tertiary/aromatic N) is 1. The molecule has 6 nitrogen and oxygen atoms in total. The first-order chi connectivity index (χ1) is 10.8. The van der Waals surface area contributed by atoms with Gasteiger partial charge in [-0.15, -0.1) is 0 Å². The van der Waals surface area contributed by atoms with Crippen LogP contribution >= 0.6 is 0 Å². The van der Waals surface area contributed by atoms with Crippen molar-refractivity contribution in [3.05, 3.63) is 0 Å². The normalized spacial score (nSPS) is 15.1. The van der Waals surface area contributed by atoms with Gasteiger partial charge in [0.15, 0.2) is 0 Å². The fraction of sp³-hybridized carbons (Fsp3) is 0.882. The molecule has 0 saturated carbocycles. The first-order valence-electron chi connectivity index (χ1n) is 8.57. The van der Waals surface area contributed by atoms with Crippen molar-refractivity contribution in [3.8, 4) is 0 Å². The van der Waals surface area contributed by atoms with Crippen LogP contribution in [-0.4, -0.2) is 62.7 Å². The maximum Gasteiger partial charge on any atom is 0.242 e. The van der Waals surface area contributed by atoms with Crippen LogP contribution in [0.5, 0.6) is 0 Å². The van der Waals surface area contributed by atoms with Crippen molar-refractivity contribution in [1.82, 2.24) is 15.5 Å². The molecule has 0 bridgehead atoms. The average Bonchev–Trinajstić information content (AvgIpc) is 2.52. The summed E-state index contributed by atoms with van der Waals surface area (Å²) in [7, 11) is 5.21. The predicted molar refractivity (Wildman–Crippen MR) is 93.2 cm³/mol. The van der Waals surface area contributed by atoms with Crippen LogP contribution in [-0.2, 0) is 14.3 Å². The maximum absolute atomic E-state index is 12.4. The van der Waals surface area contributed by atoms with Gasteiger partial charge in [0.05, 0.1) is 24.7 Å². The lowest BCUT2D eigenvalue weighted by Crippen LogP contribution is -2.51. The van der Waals surface area contributed by atoms with E-state index < -0.39 is 0 Å². The van der Waals surface area contributed by atoms with E-state index in [1.807, 2.05) is 13.8 Å². The summed E-state index contributed by atoms with van der Waals surface area (Å²) in [5.41, 5.74) is 0. The van der Waals surface area contributed by atoms with E-state index in [1.54, 1.807) is 26.1 Å². The van der Waals surface area contributed by atoms with E-state index in [2.05, 4.69) is 24.5 Å². The van der Waals surface area contributed by atoms with E-state index >= 15 is 0 Å². The zero-order valence-electron chi connectivity index (χ0n) is 15.8. The van der Waals surface area contributed by atoms with E-state index in [1.165, 1.54) is 0 Å². The summed E-state index contributed by atoms with van der Waals surface area (Å²) in [6.45, 7) is 8.10. The lowest BCUT2D eigenvalue weighted by Gasteiger charge is -2.33. The number of carbonyl (C=O) groups excluding carboxylic acids is 2. The quantitative estimate of drug-likeness (QED) is 0.601. The minimum atomic E-state index is -0.290. The molecule has 0 heterocycles. The molecule has 2 N–H and O–H groups in total. The SMILES string of the molecule is CCCC(C(CC)OC)N(C)C(=O)CNC(=O)C(NC)C(C)C. The van der Waals surface area contributed by atoms with Gasteiger partial charge in [-0.1, -0.05) is 34.1 Å². The zero-order chi connectivity index (χ0) is 18.0. The summed E-state index contributed by atoms with van der Waals surface area (Å²) in [4.78, 5) is 26.2. The number of amides is 2. The Bertz CT molecular complexity index is 357. The number of carbonyl (C=O) groups is 2. The third-order valence-corrected chi connectivity index (χ3v) is 4.28. The summed E-state index contributed by atoms with van der Waals surface area (Å²) >= 11 is 0. The van der Waals surface area contributed by atoms with Crippen LogP contribution in [0.3, 0.4) is 0 Å². The molecular formula is C17H35N3O3. The fourth-order valence-electron chi connectivity index (χ4n) is 2.87. The van der Waals surface area contributed by atoms with Gasteiger partial charge in [-0.3, -0.25) is 9.59 Å². The van der Waals surface area contributed by atoms with Crippen LogP contribution < -0.4 is 10.6 Å². The van der Waals surface area contributed by atoms with Gasteiger partial charge in [-0.25, -0.2) is 0 Å². The first-order valence-corrected chi connectivity index (χ1v) is 8.57. The summed E-state index contributed by atoms with van der Waals surface area (Å²) in [6.07, 6.45) is 2.72. The van der Waals surface area contributed by atoms with E-state index in [9.17, 15) is 9.59 Å². The molecule has 0 aromatic heterocycles. The number of hydrogen-bond donors (Lipinski definition) is 2. The highest BCUT2D eigenvalue weighted by atomic mass is 16.5. The van der Waals surface area contributed by atoms with Gasteiger partial charge in [0, 0.05) is 14.2 Å². The van der Waals surface area contributed by atoms with E-state index in [0.29, 0.717) is 0 Å². The van der Waals surface area contributed by atoms with Crippen molar-refractivity contribution in [2.45, 2.75) is 65.1 Å². The third kappa shape index (κ3) is 6.87. The molecule has 23 heavy (non-hydrogen) atoms. The van der Waals surface area contributed by atoms with Crippen molar-refractivity contribution in [2.75, 3.05) is 27.7 Å². The molecule has 0 aliphatic rings. The van der Waals surface area contributed by atoms with Crippen LogP contribution in [0.2, 0.25) is 0 Å². The largest absolute Gasteiger partial charge is 0.379 e. The molecule has 3 atom stereocenters. The standard InChI is InChI=1S/C17H35N3O3/c1-8-10-13(14(9-2)23-7)20(6)15(21)11-19-17(22)16(18-5)12(3)4/h12-14,16,18H,8-11H2,1-7H3,(H,19,22). The number of likely N-dealkylation sites (N-methyl/N-ethyl adjacent to an activating group) is 2. The Balaban J connectivity index is 4.71. The van der Waals surface area contributed by atoms with Crippen LogP contribution in [0.4, 0.5) is 0 Å². The molecule has 0 aromatic rings. The minimum absolute atomic E-state index is 0.0142. The summed E-state index contributed by atoms with van der Waals surface area (Å²) in [6, 6.07) is -0.258. The van der Waals surface area contributed by atoms with Crippen molar-refractivity contribution < 1.29 is 14.3 Å². The molecule has 0 spiro atoms. The van der Waals surface area contributed by atoms with E-state index in [-0.39, 0.29) is 42.5 Å². The molecule has 0 radical (unpaired) electrons. The molecular weight excluding hydrogens is 294 g/mol. The van der Waals surface area contributed by atoms with Gasteiger partial charge in [0.2, 0.25) is 11.8 Å². The van der Waals surface area contributed by atoms with Gasteiger partial charge >= 0.3 is 0 Å². The molecule has 0 aliphatic heterocycles. The van der Waals surface area contributed by atoms with Gasteiger partial charge < -0.3 is 20.3 Å². The second kappa shape index (κ2) is 11.4. The Kier molecular flexibility index (Phi) is 10.8. The maximum atomic E-state index is 12.4. The summed E-state index contributed by atoms with van der Waals surface area (Å²) in [5.74, 6) is -0.0698. The van der Waals surface area contributed by atoms with Crippen LogP contribution in [0.1, 0.15) is 47.0 Å². The topological polar surface area (TPSA) is 70.7 Å². The van der Waals surface area contributed by atoms with Crippen molar-refractivity contribution in [3.63, 3.8) is 0 Å². The second-order valence-corrected chi connectivity index (χ2v) is 6.27. The fourth-order valence-corrected chi connectivity index (χ4v) is 2.87. The molecule has 6 heteroatoms. The van der Waals surface area contributed by atoms with E-state index in [4.69, 9.17) is 4.74 Å². The average molecular weight is 329 g/mol. The Morgan fingerprint density at radius 2 is 1.83 bits per heavy atom. The smallest absolute Gasteiger partial charge is 0.242 e. The zero-order valence-corrected chi connectivity index (χ0v) is 15.8. The van der Waals surface area contributed by atoms with Crippen LogP contribution in [0.15, 0.2) is 0 Å². The van der Waals surface area contributed by atoms with Crippen molar-refractivity contribution in [2.24, 2.45) is 5.92 Å². The highest BCUT2D eigenvalue weighted by Gasteiger charge is 2.27. The molecule has 3 unspecified atom stereocenters. The molecule has 0 fully saturated rings. The number of methoxy groups -OCH3 is 1. The molecule has 0 aromatic carbocycles. The second-order valence-electron chi connectivity index (χ2n) is 6.27. The first kappa shape index (κ1) is 21.9. The van der Waals surface area contributed by atoms with E-state index in [0.717, 1.165) is 19.3 Å². The summed E-state index contributed by atoms with van der Waals surface area (Å²) < 4.78 is 5.51. The monoisotopic (exact) mass is 329 g/mol. The summed E-state index contributed by atoms with van der Waals surface area (Å²) in [5, 5.41) is 5.71. The van der Waals surface area contributed by atoms with Gasteiger partial charge in [0.25, 0.3) is 0 Å². The molecule has 2 amide bonds. The highest BCUT2D eigenvalue weighted by molar-refractivity contribution is 5.87. The molecule has 0 saturated heterocycles. The van der Waals surface area contributed by atoms with Crippen LogP contribution in [0.25, 0.3) is 0 Å². The lowest BCUT2D eigenvalue weighted by molar-refractivity contribution is -0.136. The van der Waals surface area contributed by atoms with Crippen molar-refractivity contribution >= 4 is 11.8 Å². The Hall–Kier alpha value is -1.14. The number of rotatable bonds is 11. The molecule has 136 valence electrons. The lowest BCUT2D eigenvalue weighted by atomic mass is 10.0. The number of hydrogen-bond acceptors (Lipinski definition) is 4.